The van der Waals surface area contributed by atoms with Crippen molar-refractivity contribution in [1.82, 2.24) is 0 Å². The first-order chi connectivity index (χ1) is 4.64. The van der Waals surface area contributed by atoms with Crippen LogP contribution in [0.3, 0.4) is 0 Å². The average molecular weight is 141 g/mol. The van der Waals surface area contributed by atoms with Crippen LogP contribution in [0.2, 0.25) is 0 Å². The van der Waals surface area contributed by atoms with Crippen LogP contribution in [0.5, 0.6) is 0 Å². The van der Waals surface area contributed by atoms with E-state index in [1.165, 1.54) is 32.1 Å². The SMILES string of the molecule is CC[C@H]1CC[C@](C)(N)CC1. The Balaban J connectivity index is 2.31. The van der Waals surface area contributed by atoms with Gasteiger partial charge >= 0.3 is 0 Å². The van der Waals surface area contributed by atoms with Crippen LogP contribution in [0.4, 0.5) is 0 Å². The van der Waals surface area contributed by atoms with Gasteiger partial charge < -0.3 is 5.73 Å². The molecule has 0 spiro atoms. The average Bonchev–Trinajstić information content (AvgIpc) is 1.88. The summed E-state index contributed by atoms with van der Waals surface area (Å²) in [5.74, 6) is 0.969. The lowest BCUT2D eigenvalue weighted by molar-refractivity contribution is 0.246. The molecule has 1 fully saturated rings. The minimum atomic E-state index is 0.158. The highest BCUT2D eigenvalue weighted by molar-refractivity contribution is 4.84. The molecule has 1 saturated carbocycles. The van der Waals surface area contributed by atoms with Crippen molar-refractivity contribution in [2.75, 3.05) is 0 Å². The van der Waals surface area contributed by atoms with Gasteiger partial charge in [0.05, 0.1) is 0 Å². The summed E-state index contributed by atoms with van der Waals surface area (Å²) in [4.78, 5) is 0. The van der Waals surface area contributed by atoms with E-state index in [0.717, 1.165) is 5.92 Å². The van der Waals surface area contributed by atoms with Gasteiger partial charge in [0, 0.05) is 5.54 Å². The Morgan fingerprint density at radius 3 is 2.30 bits per heavy atom. The molecule has 2 N–H and O–H groups in total. The lowest BCUT2D eigenvalue weighted by atomic mass is 9.77. The second-order valence-electron chi connectivity index (χ2n) is 4.01. The predicted molar refractivity (Wildman–Crippen MR) is 44.8 cm³/mol. The summed E-state index contributed by atoms with van der Waals surface area (Å²) in [5, 5.41) is 0. The Morgan fingerprint density at radius 1 is 1.40 bits per heavy atom. The molecule has 1 aliphatic rings. The highest BCUT2D eigenvalue weighted by Crippen LogP contribution is 2.31. The molecular weight excluding hydrogens is 122 g/mol. The van der Waals surface area contributed by atoms with Gasteiger partial charge in [0.25, 0.3) is 0 Å². The Bertz CT molecular complexity index is 97.3. The molecule has 0 amide bonds. The van der Waals surface area contributed by atoms with Gasteiger partial charge in [-0.05, 0) is 38.5 Å². The van der Waals surface area contributed by atoms with Crippen LogP contribution in [0, 0.1) is 5.92 Å². The highest BCUT2D eigenvalue weighted by Gasteiger charge is 2.25. The van der Waals surface area contributed by atoms with E-state index in [2.05, 4.69) is 13.8 Å². The Morgan fingerprint density at radius 2 is 1.90 bits per heavy atom. The fourth-order valence-electron chi connectivity index (χ4n) is 1.75. The number of rotatable bonds is 1. The summed E-state index contributed by atoms with van der Waals surface area (Å²) in [6.07, 6.45) is 6.50. The molecule has 0 atom stereocenters. The van der Waals surface area contributed by atoms with Crippen LogP contribution < -0.4 is 5.73 Å². The molecule has 10 heavy (non-hydrogen) atoms. The molecule has 60 valence electrons. The van der Waals surface area contributed by atoms with Gasteiger partial charge in [0.2, 0.25) is 0 Å². The first kappa shape index (κ1) is 8.06. The molecule has 1 aliphatic carbocycles. The van der Waals surface area contributed by atoms with Crippen molar-refractivity contribution in [3.8, 4) is 0 Å². The Kier molecular flexibility index (Phi) is 2.35. The van der Waals surface area contributed by atoms with E-state index in [0.29, 0.717) is 0 Å². The standard InChI is InChI=1S/C9H19N/c1-3-8-4-6-9(2,10)7-5-8/h8H,3-7,10H2,1-2H3/t8-,9-. The largest absolute Gasteiger partial charge is 0.325 e. The zero-order valence-electron chi connectivity index (χ0n) is 7.19. The minimum absolute atomic E-state index is 0.158. The van der Waals surface area contributed by atoms with Gasteiger partial charge in [0.15, 0.2) is 0 Å². The van der Waals surface area contributed by atoms with Crippen molar-refractivity contribution in [1.29, 1.82) is 0 Å². The van der Waals surface area contributed by atoms with Crippen molar-refractivity contribution >= 4 is 0 Å². The van der Waals surface area contributed by atoms with Crippen LogP contribution >= 0.6 is 0 Å². The highest BCUT2D eigenvalue weighted by atomic mass is 14.7. The lowest BCUT2D eigenvalue weighted by Gasteiger charge is -2.33. The third kappa shape index (κ3) is 1.98. The van der Waals surface area contributed by atoms with Crippen LogP contribution in [0.1, 0.15) is 46.0 Å². The van der Waals surface area contributed by atoms with Crippen LogP contribution in [-0.4, -0.2) is 5.54 Å². The van der Waals surface area contributed by atoms with Gasteiger partial charge in [-0.1, -0.05) is 13.3 Å². The van der Waals surface area contributed by atoms with E-state index in [1.807, 2.05) is 0 Å². The molecule has 0 aromatic carbocycles. The molecule has 1 rings (SSSR count). The fraction of sp³-hybridized carbons (Fsp3) is 1.00. The number of hydrogen-bond acceptors (Lipinski definition) is 1. The Hall–Kier alpha value is -0.0400. The summed E-state index contributed by atoms with van der Waals surface area (Å²) in [6.45, 7) is 4.46. The molecule has 0 aliphatic heterocycles. The van der Waals surface area contributed by atoms with Crippen molar-refractivity contribution < 1.29 is 0 Å². The van der Waals surface area contributed by atoms with Crippen molar-refractivity contribution in [3.63, 3.8) is 0 Å². The van der Waals surface area contributed by atoms with Gasteiger partial charge in [-0.2, -0.15) is 0 Å². The third-order valence-corrected chi connectivity index (χ3v) is 2.82. The maximum Gasteiger partial charge on any atom is 0.0126 e. The first-order valence-electron chi connectivity index (χ1n) is 4.43. The number of nitrogens with two attached hydrogens (primary N) is 1. The molecule has 0 saturated heterocycles. The van der Waals surface area contributed by atoms with E-state index in [-0.39, 0.29) is 5.54 Å². The maximum atomic E-state index is 5.99. The molecule has 0 radical (unpaired) electrons. The summed E-state index contributed by atoms with van der Waals surface area (Å²) in [6, 6.07) is 0. The van der Waals surface area contributed by atoms with Crippen molar-refractivity contribution in [3.05, 3.63) is 0 Å². The molecule has 1 heteroatoms. The topological polar surface area (TPSA) is 26.0 Å². The van der Waals surface area contributed by atoms with Crippen molar-refractivity contribution in [2.45, 2.75) is 51.5 Å². The van der Waals surface area contributed by atoms with Crippen LogP contribution in [-0.2, 0) is 0 Å². The van der Waals surface area contributed by atoms with E-state index in [9.17, 15) is 0 Å². The summed E-state index contributed by atoms with van der Waals surface area (Å²) in [7, 11) is 0. The minimum Gasteiger partial charge on any atom is -0.325 e. The zero-order valence-corrected chi connectivity index (χ0v) is 7.19. The van der Waals surface area contributed by atoms with E-state index in [1.54, 1.807) is 0 Å². The number of hydrogen-bond donors (Lipinski definition) is 1. The first-order valence-corrected chi connectivity index (χ1v) is 4.43. The second-order valence-corrected chi connectivity index (χ2v) is 4.01. The molecule has 0 bridgehead atoms. The maximum absolute atomic E-state index is 5.99. The lowest BCUT2D eigenvalue weighted by Crippen LogP contribution is -2.39. The van der Waals surface area contributed by atoms with Crippen molar-refractivity contribution in [2.24, 2.45) is 11.7 Å². The second kappa shape index (κ2) is 2.91. The zero-order chi connectivity index (χ0) is 7.61. The molecule has 0 unspecified atom stereocenters. The Labute approximate surface area is 64.0 Å². The van der Waals surface area contributed by atoms with Gasteiger partial charge in [-0.3, -0.25) is 0 Å². The quantitative estimate of drug-likeness (QED) is 0.595. The molecule has 0 aromatic heterocycles. The van der Waals surface area contributed by atoms with Crippen LogP contribution in [0.25, 0.3) is 0 Å². The van der Waals surface area contributed by atoms with Gasteiger partial charge in [-0.15, -0.1) is 0 Å². The smallest absolute Gasteiger partial charge is 0.0126 e. The fourth-order valence-corrected chi connectivity index (χ4v) is 1.75. The molecule has 1 nitrogen and oxygen atoms in total. The molecular formula is C9H19N. The third-order valence-electron chi connectivity index (χ3n) is 2.82. The normalized spacial score (nSPS) is 41.7. The van der Waals surface area contributed by atoms with Gasteiger partial charge in [-0.25, -0.2) is 0 Å². The van der Waals surface area contributed by atoms with Crippen LogP contribution in [0.15, 0.2) is 0 Å². The van der Waals surface area contributed by atoms with E-state index in [4.69, 9.17) is 5.73 Å². The molecule has 0 heterocycles. The predicted octanol–water partition coefficient (Wildman–Crippen LogP) is 2.30. The summed E-state index contributed by atoms with van der Waals surface area (Å²) < 4.78 is 0. The van der Waals surface area contributed by atoms with E-state index >= 15 is 0 Å². The monoisotopic (exact) mass is 141 g/mol. The molecule has 0 aromatic rings. The van der Waals surface area contributed by atoms with Gasteiger partial charge in [0.1, 0.15) is 0 Å². The van der Waals surface area contributed by atoms with E-state index < -0.39 is 0 Å². The summed E-state index contributed by atoms with van der Waals surface area (Å²) in [5.41, 5.74) is 6.15. The summed E-state index contributed by atoms with van der Waals surface area (Å²) >= 11 is 0.